The van der Waals surface area contributed by atoms with Gasteiger partial charge in [-0.05, 0) is 109 Å². The van der Waals surface area contributed by atoms with Crippen LogP contribution in [0.15, 0.2) is 41.5 Å². The van der Waals surface area contributed by atoms with Crippen molar-refractivity contribution in [2.24, 2.45) is 40.4 Å². The zero-order chi connectivity index (χ0) is 27.9. The quantitative estimate of drug-likeness (QED) is 0.270. The summed E-state index contributed by atoms with van der Waals surface area (Å²) in [6.07, 6.45) is 10.6. The normalized spacial score (nSPS) is 38.7. The molecule has 0 bridgehead atoms. The summed E-state index contributed by atoms with van der Waals surface area (Å²) in [5, 5.41) is 11.6. The fourth-order valence-electron chi connectivity index (χ4n) is 9.53. The number of rotatable bonds is 8. The lowest BCUT2D eigenvalue weighted by Crippen LogP contribution is -2.53. The maximum Gasteiger partial charge on any atom is 0.338 e. The maximum atomic E-state index is 12.8. The Morgan fingerprint density at radius 1 is 1.03 bits per heavy atom. The molecule has 0 radical (unpaired) electrons. The lowest BCUT2D eigenvalue weighted by atomic mass is 9.48. The minimum atomic E-state index is -0.341. The standard InChI is InChI=1S/C35H52O4/c1-22(2)11-10-12-23(3)28-21-29(36)32-31-27(16-18-35(28,32)5)34(4)17-15-26(19-25(34)20-30(31)38-6)39-33(37)24-13-8-7-9-14-24/h7-9,13-14,22-23,25-30,36H,10-12,15-21H2,1-6H3/t23-,25-,26+,27+,28-,29+,30-,34+,35-/m1/s1. The Labute approximate surface area is 236 Å². The summed E-state index contributed by atoms with van der Waals surface area (Å²) in [4.78, 5) is 12.8. The highest BCUT2D eigenvalue weighted by molar-refractivity contribution is 5.89. The molecule has 4 nitrogen and oxygen atoms in total. The highest BCUT2D eigenvalue weighted by Gasteiger charge is 2.60. The molecule has 3 fully saturated rings. The summed E-state index contributed by atoms with van der Waals surface area (Å²) in [5.41, 5.74) is 3.67. The van der Waals surface area contributed by atoms with Gasteiger partial charge in [-0.2, -0.15) is 0 Å². The van der Waals surface area contributed by atoms with E-state index in [9.17, 15) is 9.90 Å². The molecule has 216 valence electrons. The van der Waals surface area contributed by atoms with Crippen molar-refractivity contribution in [2.75, 3.05) is 7.11 Å². The van der Waals surface area contributed by atoms with E-state index in [2.05, 4.69) is 34.6 Å². The minimum Gasteiger partial charge on any atom is -0.459 e. The van der Waals surface area contributed by atoms with Gasteiger partial charge in [0.25, 0.3) is 0 Å². The van der Waals surface area contributed by atoms with E-state index < -0.39 is 0 Å². The molecule has 0 amide bonds. The van der Waals surface area contributed by atoms with Crippen LogP contribution in [0.5, 0.6) is 0 Å². The van der Waals surface area contributed by atoms with Gasteiger partial charge in [0.1, 0.15) is 6.10 Å². The van der Waals surface area contributed by atoms with Crippen LogP contribution in [-0.4, -0.2) is 36.5 Å². The number of carbonyl (C=O) groups is 1. The molecule has 0 unspecified atom stereocenters. The molecular weight excluding hydrogens is 484 g/mol. The Bertz CT molecular complexity index is 1050. The Hall–Kier alpha value is -1.65. The smallest absolute Gasteiger partial charge is 0.338 e. The molecule has 1 aromatic carbocycles. The fourth-order valence-corrected chi connectivity index (χ4v) is 9.53. The second-order valence-corrected chi connectivity index (χ2v) is 14.4. The number of hydrogen-bond acceptors (Lipinski definition) is 4. The summed E-state index contributed by atoms with van der Waals surface area (Å²) in [6, 6.07) is 9.37. The number of hydrogen-bond donors (Lipinski definition) is 1. The van der Waals surface area contributed by atoms with Crippen LogP contribution in [0.4, 0.5) is 0 Å². The van der Waals surface area contributed by atoms with Crippen LogP contribution in [0.25, 0.3) is 0 Å². The average Bonchev–Trinajstić information content (AvgIpc) is 3.19. The van der Waals surface area contributed by atoms with Gasteiger partial charge in [-0.1, -0.05) is 72.1 Å². The van der Waals surface area contributed by atoms with Gasteiger partial charge in [-0.3, -0.25) is 0 Å². The third-order valence-corrected chi connectivity index (χ3v) is 11.7. The number of benzene rings is 1. The molecule has 1 aromatic rings. The van der Waals surface area contributed by atoms with Crippen molar-refractivity contribution < 1.29 is 19.4 Å². The van der Waals surface area contributed by atoms with E-state index in [1.54, 1.807) is 0 Å². The summed E-state index contributed by atoms with van der Waals surface area (Å²) >= 11 is 0. The minimum absolute atomic E-state index is 0.0375. The predicted molar refractivity (Wildman–Crippen MR) is 156 cm³/mol. The highest BCUT2D eigenvalue weighted by Crippen LogP contribution is 2.66. The van der Waals surface area contributed by atoms with E-state index in [4.69, 9.17) is 9.47 Å². The van der Waals surface area contributed by atoms with E-state index in [0.29, 0.717) is 29.2 Å². The lowest BCUT2D eigenvalue weighted by Gasteiger charge is -2.58. The Kier molecular flexibility index (Phi) is 8.38. The largest absolute Gasteiger partial charge is 0.459 e. The topological polar surface area (TPSA) is 55.8 Å². The summed E-state index contributed by atoms with van der Waals surface area (Å²) in [7, 11) is 1.85. The zero-order valence-electron chi connectivity index (χ0n) is 25.2. The molecule has 0 aliphatic heterocycles. The van der Waals surface area contributed by atoms with Crippen molar-refractivity contribution in [2.45, 2.75) is 117 Å². The van der Waals surface area contributed by atoms with Crippen LogP contribution >= 0.6 is 0 Å². The number of aliphatic hydroxyl groups is 1. The lowest BCUT2D eigenvalue weighted by molar-refractivity contribution is -0.0798. The maximum absolute atomic E-state index is 12.8. The first kappa shape index (κ1) is 28.9. The molecular formula is C35H52O4. The van der Waals surface area contributed by atoms with Gasteiger partial charge in [0.05, 0.1) is 17.8 Å². The van der Waals surface area contributed by atoms with Crippen molar-refractivity contribution >= 4 is 5.97 Å². The monoisotopic (exact) mass is 536 g/mol. The molecule has 3 saturated carbocycles. The van der Waals surface area contributed by atoms with Gasteiger partial charge in [-0.25, -0.2) is 4.79 Å². The first-order chi connectivity index (χ1) is 18.6. The Morgan fingerprint density at radius 2 is 1.77 bits per heavy atom. The second kappa shape index (κ2) is 11.3. The number of ether oxygens (including phenoxy) is 2. The third-order valence-electron chi connectivity index (χ3n) is 11.7. The van der Waals surface area contributed by atoms with Crippen LogP contribution < -0.4 is 0 Å². The number of methoxy groups -OCH3 is 1. The number of carbonyl (C=O) groups excluding carboxylic acids is 1. The summed E-state index contributed by atoms with van der Waals surface area (Å²) in [5.74, 6) is 2.61. The molecule has 9 atom stereocenters. The van der Waals surface area contributed by atoms with Crippen molar-refractivity contribution in [1.29, 1.82) is 0 Å². The van der Waals surface area contributed by atoms with Gasteiger partial charge < -0.3 is 14.6 Å². The summed E-state index contributed by atoms with van der Waals surface area (Å²) in [6.45, 7) is 12.0. The van der Waals surface area contributed by atoms with E-state index in [1.807, 2.05) is 37.4 Å². The van der Waals surface area contributed by atoms with Crippen molar-refractivity contribution in [1.82, 2.24) is 0 Å². The van der Waals surface area contributed by atoms with E-state index in [-0.39, 0.29) is 35.1 Å². The number of fused-ring (bicyclic) bond motifs is 4. The molecule has 1 N–H and O–H groups in total. The molecule has 0 saturated heterocycles. The molecule has 5 rings (SSSR count). The first-order valence-electron chi connectivity index (χ1n) is 15.8. The van der Waals surface area contributed by atoms with E-state index >= 15 is 0 Å². The Morgan fingerprint density at radius 3 is 2.46 bits per heavy atom. The van der Waals surface area contributed by atoms with Gasteiger partial charge in [0.2, 0.25) is 0 Å². The molecule has 39 heavy (non-hydrogen) atoms. The Balaban J connectivity index is 1.37. The molecule has 4 heteroatoms. The SMILES string of the molecule is CO[C@@H]1C[C@H]2C[C@@H](OC(=O)c3ccccc3)CC[C@]2(C)[C@H]2CC[C@@]3(C)C(=C12)[C@@H](O)C[C@@H]3[C@H](C)CCCC(C)C. The van der Waals surface area contributed by atoms with Crippen molar-refractivity contribution in [3.8, 4) is 0 Å². The molecule has 0 heterocycles. The van der Waals surface area contributed by atoms with Gasteiger partial charge >= 0.3 is 5.97 Å². The van der Waals surface area contributed by atoms with Gasteiger partial charge in [0, 0.05) is 7.11 Å². The molecule has 4 aliphatic rings. The second-order valence-electron chi connectivity index (χ2n) is 14.4. The highest BCUT2D eigenvalue weighted by atomic mass is 16.5. The van der Waals surface area contributed by atoms with Crippen LogP contribution in [-0.2, 0) is 9.47 Å². The number of aliphatic hydroxyl groups excluding tert-OH is 1. The average molecular weight is 537 g/mol. The third kappa shape index (κ3) is 5.25. The van der Waals surface area contributed by atoms with Crippen molar-refractivity contribution in [3.63, 3.8) is 0 Å². The van der Waals surface area contributed by atoms with E-state index in [0.717, 1.165) is 44.4 Å². The number of esters is 1. The van der Waals surface area contributed by atoms with Crippen LogP contribution in [0.1, 0.15) is 109 Å². The van der Waals surface area contributed by atoms with Crippen LogP contribution in [0.3, 0.4) is 0 Å². The van der Waals surface area contributed by atoms with Crippen LogP contribution in [0.2, 0.25) is 0 Å². The van der Waals surface area contributed by atoms with Crippen molar-refractivity contribution in [3.05, 3.63) is 47.0 Å². The molecule has 4 aliphatic carbocycles. The van der Waals surface area contributed by atoms with Crippen LogP contribution in [0, 0.1) is 40.4 Å². The summed E-state index contributed by atoms with van der Waals surface area (Å²) < 4.78 is 12.3. The molecule has 0 spiro atoms. The first-order valence-corrected chi connectivity index (χ1v) is 15.8. The zero-order valence-corrected chi connectivity index (χ0v) is 25.2. The fraction of sp³-hybridized carbons (Fsp3) is 0.743. The van der Waals surface area contributed by atoms with Gasteiger partial charge in [-0.15, -0.1) is 0 Å². The molecule has 0 aromatic heterocycles. The van der Waals surface area contributed by atoms with E-state index in [1.165, 1.54) is 36.8 Å². The predicted octanol–water partition coefficient (Wildman–Crippen LogP) is 7.99. The van der Waals surface area contributed by atoms with Gasteiger partial charge in [0.15, 0.2) is 0 Å².